The van der Waals surface area contributed by atoms with Crippen LogP contribution in [-0.2, 0) is 4.79 Å². The normalized spacial score (nSPS) is 10.8. The number of anilines is 2. The maximum atomic E-state index is 12.1. The highest BCUT2D eigenvalue weighted by atomic mass is 32.2. The van der Waals surface area contributed by atoms with Gasteiger partial charge < -0.3 is 20.8 Å². The van der Waals surface area contributed by atoms with E-state index in [2.05, 4.69) is 25.3 Å². The maximum absolute atomic E-state index is 12.1. The molecule has 0 saturated carbocycles. The molecule has 0 unspecified atom stereocenters. The van der Waals surface area contributed by atoms with Gasteiger partial charge in [-0.05, 0) is 30.7 Å². The highest BCUT2D eigenvalue weighted by molar-refractivity contribution is 8.00. The Morgan fingerprint density at radius 3 is 3.00 bits per heavy atom. The number of benzene rings is 1. The quantitative estimate of drug-likeness (QED) is 0.478. The SMILES string of the molecule is COc1ccc(NC(=O)CSc2nc(N)nc3nc[nH]c23)cc1C. The lowest BCUT2D eigenvalue weighted by molar-refractivity contribution is -0.113. The molecule has 0 atom stereocenters. The molecule has 0 radical (unpaired) electrons. The summed E-state index contributed by atoms with van der Waals surface area (Å²) in [5.41, 5.74) is 8.47. The average Bonchev–Trinajstić information content (AvgIpc) is 3.01. The molecule has 3 aromatic rings. The number of nitrogen functional groups attached to an aromatic ring is 1. The number of methoxy groups -OCH3 is 1. The third-order valence-corrected chi connectivity index (χ3v) is 4.26. The van der Waals surface area contributed by atoms with Crippen molar-refractivity contribution in [1.29, 1.82) is 0 Å². The summed E-state index contributed by atoms with van der Waals surface area (Å²) >= 11 is 1.27. The smallest absolute Gasteiger partial charge is 0.234 e. The number of nitrogens with two attached hydrogens (primary N) is 1. The molecule has 0 spiro atoms. The molecular weight excluding hydrogens is 328 g/mol. The zero-order valence-electron chi connectivity index (χ0n) is 13.2. The summed E-state index contributed by atoms with van der Waals surface area (Å²) in [5, 5.41) is 3.44. The highest BCUT2D eigenvalue weighted by Crippen LogP contribution is 2.24. The third-order valence-electron chi connectivity index (χ3n) is 3.29. The lowest BCUT2D eigenvalue weighted by Gasteiger charge is -2.09. The van der Waals surface area contributed by atoms with Crippen molar-refractivity contribution in [2.24, 2.45) is 0 Å². The van der Waals surface area contributed by atoms with Crippen LogP contribution in [0.15, 0.2) is 29.6 Å². The number of rotatable bonds is 5. The van der Waals surface area contributed by atoms with Crippen LogP contribution in [0.25, 0.3) is 11.2 Å². The van der Waals surface area contributed by atoms with Gasteiger partial charge in [0, 0.05) is 5.69 Å². The van der Waals surface area contributed by atoms with Crippen molar-refractivity contribution in [3.63, 3.8) is 0 Å². The second-order valence-electron chi connectivity index (χ2n) is 5.01. The number of carbonyl (C=O) groups excluding carboxylic acids is 1. The lowest BCUT2D eigenvalue weighted by atomic mass is 10.2. The van der Waals surface area contributed by atoms with Crippen LogP contribution in [0.4, 0.5) is 11.6 Å². The fourth-order valence-electron chi connectivity index (χ4n) is 2.21. The molecule has 3 rings (SSSR count). The first kappa shape index (κ1) is 16.1. The molecule has 24 heavy (non-hydrogen) atoms. The van der Waals surface area contributed by atoms with Crippen molar-refractivity contribution in [2.45, 2.75) is 11.9 Å². The number of hydrogen-bond acceptors (Lipinski definition) is 7. The molecule has 0 fully saturated rings. The fourth-order valence-corrected chi connectivity index (χ4v) is 3.01. The Labute approximate surface area is 142 Å². The van der Waals surface area contributed by atoms with E-state index < -0.39 is 0 Å². The van der Waals surface area contributed by atoms with Crippen molar-refractivity contribution in [3.8, 4) is 5.75 Å². The fraction of sp³-hybridized carbons (Fsp3) is 0.200. The van der Waals surface area contributed by atoms with E-state index in [4.69, 9.17) is 10.5 Å². The topological polar surface area (TPSA) is 119 Å². The van der Waals surface area contributed by atoms with Gasteiger partial charge in [-0.15, -0.1) is 0 Å². The number of aromatic amines is 1. The zero-order valence-corrected chi connectivity index (χ0v) is 14.0. The van der Waals surface area contributed by atoms with Crippen LogP contribution in [0.5, 0.6) is 5.75 Å². The van der Waals surface area contributed by atoms with Crippen molar-refractivity contribution >= 4 is 40.5 Å². The zero-order chi connectivity index (χ0) is 17.1. The lowest BCUT2D eigenvalue weighted by Crippen LogP contribution is -2.14. The first-order chi connectivity index (χ1) is 11.6. The van der Waals surface area contributed by atoms with E-state index in [9.17, 15) is 4.79 Å². The predicted octanol–water partition coefficient (Wildman–Crippen LogP) is 1.98. The number of ether oxygens (including phenoxy) is 1. The summed E-state index contributed by atoms with van der Waals surface area (Å²) in [6.07, 6.45) is 1.52. The van der Waals surface area contributed by atoms with Crippen molar-refractivity contribution < 1.29 is 9.53 Å². The molecule has 2 heterocycles. The molecule has 0 aliphatic carbocycles. The van der Waals surface area contributed by atoms with Crippen LogP contribution in [0.2, 0.25) is 0 Å². The predicted molar refractivity (Wildman–Crippen MR) is 93.2 cm³/mol. The molecule has 2 aromatic heterocycles. The number of H-pyrrole nitrogens is 1. The van der Waals surface area contributed by atoms with E-state index in [-0.39, 0.29) is 17.6 Å². The Kier molecular flexibility index (Phi) is 4.52. The molecule has 124 valence electrons. The second kappa shape index (κ2) is 6.75. The number of amides is 1. The minimum atomic E-state index is -0.144. The molecule has 0 saturated heterocycles. The van der Waals surface area contributed by atoms with E-state index in [1.54, 1.807) is 13.2 Å². The number of nitrogens with one attached hydrogen (secondary N) is 2. The number of nitrogens with zero attached hydrogens (tertiary/aromatic N) is 3. The van der Waals surface area contributed by atoms with Crippen LogP contribution < -0.4 is 15.8 Å². The van der Waals surface area contributed by atoms with Crippen LogP contribution in [0, 0.1) is 6.92 Å². The van der Waals surface area contributed by atoms with Crippen LogP contribution in [0.1, 0.15) is 5.56 Å². The van der Waals surface area contributed by atoms with Crippen LogP contribution >= 0.6 is 11.8 Å². The molecule has 4 N–H and O–H groups in total. The number of fused-ring (bicyclic) bond motifs is 1. The summed E-state index contributed by atoms with van der Waals surface area (Å²) in [6.45, 7) is 1.92. The Morgan fingerprint density at radius 2 is 2.25 bits per heavy atom. The van der Waals surface area contributed by atoms with Gasteiger partial charge in [0.05, 0.1) is 19.2 Å². The molecular formula is C15H16N6O2S. The second-order valence-corrected chi connectivity index (χ2v) is 5.97. The Balaban J connectivity index is 1.67. The first-order valence-electron chi connectivity index (χ1n) is 7.10. The van der Waals surface area contributed by atoms with E-state index in [1.807, 2.05) is 19.1 Å². The Morgan fingerprint density at radius 1 is 1.42 bits per heavy atom. The van der Waals surface area contributed by atoms with Gasteiger partial charge in [-0.2, -0.15) is 4.98 Å². The van der Waals surface area contributed by atoms with E-state index in [1.165, 1.54) is 18.1 Å². The van der Waals surface area contributed by atoms with Crippen LogP contribution in [0.3, 0.4) is 0 Å². The summed E-state index contributed by atoms with van der Waals surface area (Å²) in [5.74, 6) is 0.952. The third kappa shape index (κ3) is 3.40. The Hall–Kier alpha value is -2.81. The summed E-state index contributed by atoms with van der Waals surface area (Å²) in [4.78, 5) is 27.3. The van der Waals surface area contributed by atoms with Gasteiger partial charge in [-0.3, -0.25) is 4.79 Å². The van der Waals surface area contributed by atoms with Crippen molar-refractivity contribution in [1.82, 2.24) is 19.9 Å². The molecule has 1 aromatic carbocycles. The number of carbonyl (C=O) groups is 1. The van der Waals surface area contributed by atoms with E-state index in [0.29, 0.717) is 21.9 Å². The molecule has 0 aliphatic rings. The summed E-state index contributed by atoms with van der Waals surface area (Å²) in [7, 11) is 1.61. The molecule has 0 bridgehead atoms. The first-order valence-corrected chi connectivity index (χ1v) is 8.09. The Bertz CT molecular complexity index is 895. The van der Waals surface area contributed by atoms with Gasteiger partial charge in [-0.25, -0.2) is 9.97 Å². The molecule has 9 heteroatoms. The minimum Gasteiger partial charge on any atom is -0.496 e. The molecule has 8 nitrogen and oxygen atoms in total. The summed E-state index contributed by atoms with van der Waals surface area (Å²) < 4.78 is 5.20. The number of aromatic nitrogens is 4. The number of hydrogen-bond donors (Lipinski definition) is 3. The largest absolute Gasteiger partial charge is 0.496 e. The van der Waals surface area contributed by atoms with Gasteiger partial charge in [0.1, 0.15) is 16.3 Å². The van der Waals surface area contributed by atoms with Crippen molar-refractivity contribution in [2.75, 3.05) is 23.9 Å². The number of imidazole rings is 1. The monoisotopic (exact) mass is 344 g/mol. The van der Waals surface area contributed by atoms with E-state index >= 15 is 0 Å². The van der Waals surface area contributed by atoms with Gasteiger partial charge >= 0.3 is 0 Å². The van der Waals surface area contributed by atoms with Crippen molar-refractivity contribution in [3.05, 3.63) is 30.1 Å². The van der Waals surface area contributed by atoms with E-state index in [0.717, 1.165) is 11.3 Å². The number of aryl methyl sites for hydroxylation is 1. The minimum absolute atomic E-state index is 0.128. The van der Waals surface area contributed by atoms with Gasteiger partial charge in [0.2, 0.25) is 11.9 Å². The highest BCUT2D eigenvalue weighted by Gasteiger charge is 2.12. The van der Waals surface area contributed by atoms with Gasteiger partial charge in [0.25, 0.3) is 0 Å². The number of thioether (sulfide) groups is 1. The molecule has 1 amide bonds. The van der Waals surface area contributed by atoms with Crippen LogP contribution in [-0.4, -0.2) is 38.7 Å². The maximum Gasteiger partial charge on any atom is 0.234 e. The standard InChI is InChI=1S/C15H16N6O2S/c1-8-5-9(3-4-10(8)23-2)19-11(22)6-24-14-12-13(18-7-17-12)20-15(16)21-14/h3-5,7H,6H2,1-2H3,(H,19,22)(H3,16,17,18,20,21). The molecule has 0 aliphatic heterocycles. The average molecular weight is 344 g/mol. The van der Waals surface area contributed by atoms with Gasteiger partial charge in [-0.1, -0.05) is 11.8 Å². The van der Waals surface area contributed by atoms with Gasteiger partial charge in [0.15, 0.2) is 5.65 Å². The summed E-state index contributed by atoms with van der Waals surface area (Å²) in [6, 6.07) is 5.47.